The number of rotatable bonds is 3. The number of carboxylic acid groups (broad SMARTS) is 1. The fourth-order valence-electron chi connectivity index (χ4n) is 2.79. The average molecular weight is 399 g/mol. The molecule has 8 heteroatoms. The minimum atomic E-state index is -4.86. The van der Waals surface area contributed by atoms with Crippen molar-refractivity contribution in [3.63, 3.8) is 0 Å². The molecule has 1 aliphatic heterocycles. The highest BCUT2D eigenvalue weighted by atomic mass is 35.5. The van der Waals surface area contributed by atoms with Crippen LogP contribution in [0.15, 0.2) is 35.9 Å². The number of alkyl halides is 3. The Bertz CT molecular complexity index is 927. The van der Waals surface area contributed by atoms with E-state index in [4.69, 9.17) is 21.1 Å². The number of carboxylic acids is 1. The number of aryl methyl sites for hydroxylation is 2. The number of halogens is 4. The van der Waals surface area contributed by atoms with E-state index < -0.39 is 23.8 Å². The molecule has 1 heterocycles. The lowest BCUT2D eigenvalue weighted by Gasteiger charge is -2.27. The molecule has 0 aliphatic carbocycles. The first-order chi connectivity index (χ1) is 12.6. The van der Waals surface area contributed by atoms with Gasteiger partial charge in [0.05, 0.1) is 11.1 Å². The van der Waals surface area contributed by atoms with Crippen molar-refractivity contribution in [1.82, 2.24) is 0 Å². The summed E-state index contributed by atoms with van der Waals surface area (Å²) in [6, 6.07) is 7.67. The minimum Gasteiger partial charge on any atom is -0.478 e. The standard InChI is InChI=1S/C19H14ClF3O4/c1-9-6-11(7-10(2)16(9)20)26-14-4-3-5-15-12(14)8-13(18(24)25)17(27-15)19(21,22)23/h3-8,17H,1-2H3,(H,24,25). The molecule has 1 aliphatic rings. The molecule has 0 saturated heterocycles. The molecule has 142 valence electrons. The van der Waals surface area contributed by atoms with Crippen molar-refractivity contribution in [3.05, 3.63) is 57.6 Å². The van der Waals surface area contributed by atoms with Crippen molar-refractivity contribution in [2.24, 2.45) is 0 Å². The molecular weight excluding hydrogens is 385 g/mol. The van der Waals surface area contributed by atoms with E-state index >= 15 is 0 Å². The topological polar surface area (TPSA) is 55.8 Å². The molecule has 0 saturated carbocycles. The van der Waals surface area contributed by atoms with Crippen LogP contribution in [0.4, 0.5) is 13.2 Å². The number of benzene rings is 2. The summed E-state index contributed by atoms with van der Waals surface area (Å²) in [5.74, 6) is -1.22. The quantitative estimate of drug-likeness (QED) is 0.737. The van der Waals surface area contributed by atoms with Crippen LogP contribution < -0.4 is 9.47 Å². The third-order valence-electron chi connectivity index (χ3n) is 4.04. The van der Waals surface area contributed by atoms with Crippen LogP contribution in [0.25, 0.3) is 6.08 Å². The zero-order chi connectivity index (χ0) is 19.9. The van der Waals surface area contributed by atoms with E-state index in [1.807, 2.05) is 0 Å². The van der Waals surface area contributed by atoms with Gasteiger partial charge in [0.25, 0.3) is 0 Å². The van der Waals surface area contributed by atoms with Crippen molar-refractivity contribution in [3.8, 4) is 17.2 Å². The third kappa shape index (κ3) is 3.73. The van der Waals surface area contributed by atoms with E-state index in [0.717, 1.165) is 17.2 Å². The summed E-state index contributed by atoms with van der Waals surface area (Å²) in [5, 5.41) is 9.76. The molecule has 0 fully saturated rings. The molecule has 0 bridgehead atoms. The second-order valence-corrected chi connectivity index (χ2v) is 6.46. The van der Waals surface area contributed by atoms with Crippen molar-refractivity contribution >= 4 is 23.6 Å². The Morgan fingerprint density at radius 1 is 1.22 bits per heavy atom. The summed E-state index contributed by atoms with van der Waals surface area (Å²) in [4.78, 5) is 11.3. The van der Waals surface area contributed by atoms with E-state index in [-0.39, 0.29) is 17.1 Å². The lowest BCUT2D eigenvalue weighted by Crippen LogP contribution is -2.40. The van der Waals surface area contributed by atoms with Gasteiger partial charge in [0.2, 0.25) is 6.10 Å². The zero-order valence-electron chi connectivity index (χ0n) is 14.2. The first-order valence-corrected chi connectivity index (χ1v) is 8.21. The summed E-state index contributed by atoms with van der Waals surface area (Å²) in [7, 11) is 0. The van der Waals surface area contributed by atoms with Gasteiger partial charge < -0.3 is 14.6 Å². The van der Waals surface area contributed by atoms with Gasteiger partial charge in [0.15, 0.2) is 0 Å². The normalized spacial score (nSPS) is 16.2. The highest BCUT2D eigenvalue weighted by Crippen LogP contribution is 2.42. The van der Waals surface area contributed by atoms with Crippen LogP contribution in [0.2, 0.25) is 5.02 Å². The lowest BCUT2D eigenvalue weighted by atomic mass is 10.0. The molecule has 4 nitrogen and oxygen atoms in total. The van der Waals surface area contributed by atoms with E-state index in [0.29, 0.717) is 10.8 Å². The van der Waals surface area contributed by atoms with Gasteiger partial charge in [-0.05, 0) is 55.3 Å². The number of fused-ring (bicyclic) bond motifs is 1. The Kier molecular flexibility index (Phi) is 4.82. The molecule has 1 N–H and O–H groups in total. The minimum absolute atomic E-state index is 0.109. The molecule has 1 unspecified atom stereocenters. The smallest absolute Gasteiger partial charge is 0.430 e. The molecule has 2 aromatic rings. The third-order valence-corrected chi connectivity index (χ3v) is 4.63. The second-order valence-electron chi connectivity index (χ2n) is 6.09. The molecular formula is C19H14ClF3O4. The van der Waals surface area contributed by atoms with Gasteiger partial charge in [-0.1, -0.05) is 17.7 Å². The Morgan fingerprint density at radius 2 is 1.85 bits per heavy atom. The monoisotopic (exact) mass is 398 g/mol. The molecule has 0 radical (unpaired) electrons. The molecule has 2 aromatic carbocycles. The van der Waals surface area contributed by atoms with Gasteiger partial charge in [0, 0.05) is 5.02 Å². The maximum absolute atomic E-state index is 13.1. The fraction of sp³-hybridized carbons (Fsp3) is 0.211. The van der Waals surface area contributed by atoms with Gasteiger partial charge >= 0.3 is 12.1 Å². The van der Waals surface area contributed by atoms with Crippen LogP contribution in [0.5, 0.6) is 17.2 Å². The van der Waals surface area contributed by atoms with E-state index in [2.05, 4.69) is 0 Å². The first kappa shape index (κ1) is 19.1. The average Bonchev–Trinajstić information content (AvgIpc) is 2.58. The molecule has 3 rings (SSSR count). The molecule has 1 atom stereocenters. The highest BCUT2D eigenvalue weighted by molar-refractivity contribution is 6.32. The summed E-state index contributed by atoms with van der Waals surface area (Å²) >= 11 is 6.12. The maximum atomic E-state index is 13.1. The Hall–Kier alpha value is -2.67. The van der Waals surface area contributed by atoms with Crippen LogP contribution in [0.3, 0.4) is 0 Å². The highest BCUT2D eigenvalue weighted by Gasteiger charge is 2.48. The number of hydrogen-bond donors (Lipinski definition) is 1. The Morgan fingerprint density at radius 3 is 2.41 bits per heavy atom. The predicted molar refractivity (Wildman–Crippen MR) is 93.5 cm³/mol. The predicted octanol–water partition coefficient (Wildman–Crippen LogP) is 5.54. The number of aliphatic carboxylic acids is 1. The van der Waals surface area contributed by atoms with E-state index in [1.165, 1.54) is 18.2 Å². The van der Waals surface area contributed by atoms with Crippen LogP contribution in [0.1, 0.15) is 16.7 Å². The van der Waals surface area contributed by atoms with Gasteiger partial charge in [-0.25, -0.2) is 4.79 Å². The molecule has 27 heavy (non-hydrogen) atoms. The first-order valence-electron chi connectivity index (χ1n) is 7.84. The van der Waals surface area contributed by atoms with Crippen LogP contribution in [0, 0.1) is 13.8 Å². The van der Waals surface area contributed by atoms with Crippen molar-refractivity contribution in [2.75, 3.05) is 0 Å². The number of carbonyl (C=O) groups is 1. The number of hydrogen-bond acceptors (Lipinski definition) is 3. The van der Waals surface area contributed by atoms with Gasteiger partial charge in [0.1, 0.15) is 17.2 Å². The van der Waals surface area contributed by atoms with Crippen molar-refractivity contribution in [2.45, 2.75) is 26.1 Å². The van der Waals surface area contributed by atoms with E-state index in [9.17, 15) is 23.1 Å². The van der Waals surface area contributed by atoms with Gasteiger partial charge in [-0.3, -0.25) is 0 Å². The number of ether oxygens (including phenoxy) is 2. The summed E-state index contributed by atoms with van der Waals surface area (Å²) in [6.07, 6.45) is -6.47. The van der Waals surface area contributed by atoms with Crippen LogP contribution in [-0.2, 0) is 4.79 Å². The lowest BCUT2D eigenvalue weighted by molar-refractivity contribution is -0.187. The second kappa shape index (κ2) is 6.81. The van der Waals surface area contributed by atoms with Crippen LogP contribution in [-0.4, -0.2) is 23.4 Å². The van der Waals surface area contributed by atoms with Gasteiger partial charge in [-0.2, -0.15) is 13.2 Å². The Labute approximate surface area is 157 Å². The summed E-state index contributed by atoms with van der Waals surface area (Å²) in [5.41, 5.74) is 0.758. The van der Waals surface area contributed by atoms with Crippen LogP contribution >= 0.6 is 11.6 Å². The van der Waals surface area contributed by atoms with Crippen molar-refractivity contribution < 1.29 is 32.5 Å². The molecule has 0 spiro atoms. The molecule has 0 aromatic heterocycles. The largest absolute Gasteiger partial charge is 0.478 e. The molecule has 0 amide bonds. The zero-order valence-corrected chi connectivity index (χ0v) is 15.0. The summed E-state index contributed by atoms with van der Waals surface area (Å²) in [6.45, 7) is 3.59. The summed E-state index contributed by atoms with van der Waals surface area (Å²) < 4.78 is 50.2. The maximum Gasteiger partial charge on any atom is 0.430 e. The fourth-order valence-corrected chi connectivity index (χ4v) is 2.90. The Balaban J connectivity index is 2.06. The van der Waals surface area contributed by atoms with Crippen molar-refractivity contribution in [1.29, 1.82) is 0 Å². The van der Waals surface area contributed by atoms with E-state index in [1.54, 1.807) is 26.0 Å². The van der Waals surface area contributed by atoms with Gasteiger partial charge in [-0.15, -0.1) is 0 Å². The SMILES string of the molecule is Cc1cc(Oc2cccc3c2C=C(C(=O)O)C(C(F)(F)F)O3)cc(C)c1Cl.